The molecule has 94 valence electrons. The number of nitrogens with zero attached hydrogens (tertiary/aromatic N) is 2. The zero-order valence-corrected chi connectivity index (χ0v) is 10.1. The van der Waals surface area contributed by atoms with Crippen molar-refractivity contribution < 1.29 is 9.84 Å². The Morgan fingerprint density at radius 1 is 1.39 bits per heavy atom. The molecule has 1 aromatic heterocycles. The summed E-state index contributed by atoms with van der Waals surface area (Å²) in [5, 5.41) is 10.2. The van der Waals surface area contributed by atoms with Gasteiger partial charge in [-0.25, -0.2) is 4.98 Å². The SMILES string of the molecule is OC(Cn1cnc2ccccc21)C1=CCCCO1. The monoisotopic (exact) mass is 244 g/mol. The fourth-order valence-electron chi connectivity index (χ4n) is 2.24. The molecular weight excluding hydrogens is 228 g/mol. The number of para-hydroxylation sites is 2. The van der Waals surface area contributed by atoms with Gasteiger partial charge in [0, 0.05) is 0 Å². The quantitative estimate of drug-likeness (QED) is 0.899. The fourth-order valence-corrected chi connectivity index (χ4v) is 2.24. The maximum absolute atomic E-state index is 10.2. The molecule has 1 aliphatic rings. The number of fused-ring (bicyclic) bond motifs is 1. The molecule has 0 spiro atoms. The third-order valence-electron chi connectivity index (χ3n) is 3.19. The third-order valence-corrected chi connectivity index (χ3v) is 3.19. The van der Waals surface area contributed by atoms with Crippen molar-refractivity contribution in [3.05, 3.63) is 42.4 Å². The molecule has 0 saturated heterocycles. The van der Waals surface area contributed by atoms with Crippen molar-refractivity contribution in [2.75, 3.05) is 6.61 Å². The Hall–Kier alpha value is -1.81. The van der Waals surface area contributed by atoms with E-state index in [1.54, 1.807) is 6.33 Å². The zero-order valence-electron chi connectivity index (χ0n) is 10.1. The van der Waals surface area contributed by atoms with Gasteiger partial charge in [-0.15, -0.1) is 0 Å². The summed E-state index contributed by atoms with van der Waals surface area (Å²) < 4.78 is 7.44. The molecule has 2 aromatic rings. The number of allylic oxidation sites excluding steroid dienone is 1. The molecule has 4 nitrogen and oxygen atoms in total. The van der Waals surface area contributed by atoms with E-state index in [1.807, 2.05) is 34.9 Å². The molecule has 0 radical (unpaired) electrons. The molecule has 18 heavy (non-hydrogen) atoms. The molecule has 0 aliphatic carbocycles. The van der Waals surface area contributed by atoms with Gasteiger partial charge in [0.25, 0.3) is 0 Å². The van der Waals surface area contributed by atoms with Crippen molar-refractivity contribution in [3.8, 4) is 0 Å². The van der Waals surface area contributed by atoms with E-state index < -0.39 is 6.10 Å². The third kappa shape index (κ3) is 2.11. The van der Waals surface area contributed by atoms with E-state index in [1.165, 1.54) is 0 Å². The molecule has 0 fully saturated rings. The van der Waals surface area contributed by atoms with Gasteiger partial charge in [-0.3, -0.25) is 0 Å². The van der Waals surface area contributed by atoms with Gasteiger partial charge in [0.15, 0.2) is 0 Å². The molecule has 3 rings (SSSR count). The lowest BCUT2D eigenvalue weighted by molar-refractivity contribution is 0.0821. The molecule has 1 N–H and O–H groups in total. The number of hydrogen-bond donors (Lipinski definition) is 1. The lowest BCUT2D eigenvalue weighted by Gasteiger charge is -2.20. The van der Waals surface area contributed by atoms with Crippen LogP contribution in [-0.4, -0.2) is 27.4 Å². The lowest BCUT2D eigenvalue weighted by Crippen LogP contribution is -2.21. The Kier molecular flexibility index (Phi) is 3.02. The average molecular weight is 244 g/mol. The van der Waals surface area contributed by atoms with E-state index in [4.69, 9.17) is 4.74 Å². The van der Waals surface area contributed by atoms with E-state index in [9.17, 15) is 5.11 Å². The molecule has 1 aliphatic heterocycles. The molecule has 1 atom stereocenters. The van der Waals surface area contributed by atoms with Crippen LogP contribution in [0.5, 0.6) is 0 Å². The Labute approximate surface area is 106 Å². The second-order valence-electron chi connectivity index (χ2n) is 4.50. The van der Waals surface area contributed by atoms with Crippen LogP contribution in [0.15, 0.2) is 42.4 Å². The molecule has 1 aromatic carbocycles. The Bertz CT molecular complexity index is 574. The summed E-state index contributed by atoms with van der Waals surface area (Å²) in [5.74, 6) is 0.694. The van der Waals surface area contributed by atoms with E-state index in [-0.39, 0.29) is 0 Å². The van der Waals surface area contributed by atoms with Crippen molar-refractivity contribution in [3.63, 3.8) is 0 Å². The molecular formula is C14H16N2O2. The number of aliphatic hydroxyl groups is 1. The second kappa shape index (κ2) is 4.82. The highest BCUT2D eigenvalue weighted by atomic mass is 16.5. The summed E-state index contributed by atoms with van der Waals surface area (Å²) in [6.45, 7) is 1.18. The average Bonchev–Trinajstić information content (AvgIpc) is 2.83. The van der Waals surface area contributed by atoms with Crippen molar-refractivity contribution in [1.29, 1.82) is 0 Å². The fraction of sp³-hybridized carbons (Fsp3) is 0.357. The minimum Gasteiger partial charge on any atom is -0.495 e. The summed E-state index contributed by atoms with van der Waals surface area (Å²) in [4.78, 5) is 4.31. The van der Waals surface area contributed by atoms with Crippen LogP contribution < -0.4 is 0 Å². The first-order valence-corrected chi connectivity index (χ1v) is 6.25. The van der Waals surface area contributed by atoms with Crippen LogP contribution in [0.4, 0.5) is 0 Å². The molecule has 2 heterocycles. The van der Waals surface area contributed by atoms with Gasteiger partial charge in [0.2, 0.25) is 0 Å². The predicted molar refractivity (Wildman–Crippen MR) is 69.0 cm³/mol. The first-order valence-electron chi connectivity index (χ1n) is 6.25. The van der Waals surface area contributed by atoms with Crippen LogP contribution >= 0.6 is 0 Å². The molecule has 4 heteroatoms. The standard InChI is InChI=1S/C14H16N2O2/c17-13(14-7-3-4-8-18-14)9-16-10-15-11-5-1-2-6-12(11)16/h1-2,5-7,10,13,17H,3-4,8-9H2. The van der Waals surface area contributed by atoms with E-state index in [0.29, 0.717) is 18.9 Å². The van der Waals surface area contributed by atoms with Crippen LogP contribution in [0.1, 0.15) is 12.8 Å². The van der Waals surface area contributed by atoms with E-state index in [2.05, 4.69) is 4.98 Å². The molecule has 0 saturated carbocycles. The van der Waals surface area contributed by atoms with Gasteiger partial charge < -0.3 is 14.4 Å². The van der Waals surface area contributed by atoms with Gasteiger partial charge >= 0.3 is 0 Å². The highest BCUT2D eigenvalue weighted by Gasteiger charge is 2.16. The van der Waals surface area contributed by atoms with Crippen LogP contribution in [0, 0.1) is 0 Å². The van der Waals surface area contributed by atoms with Gasteiger partial charge in [0.1, 0.15) is 11.9 Å². The smallest absolute Gasteiger partial charge is 0.129 e. The molecule has 1 unspecified atom stereocenters. The van der Waals surface area contributed by atoms with E-state index >= 15 is 0 Å². The van der Waals surface area contributed by atoms with Crippen LogP contribution in [0.25, 0.3) is 11.0 Å². The minimum atomic E-state index is -0.595. The van der Waals surface area contributed by atoms with Crippen molar-refractivity contribution in [2.24, 2.45) is 0 Å². The number of imidazole rings is 1. The maximum Gasteiger partial charge on any atom is 0.129 e. The highest BCUT2D eigenvalue weighted by molar-refractivity contribution is 5.74. The minimum absolute atomic E-state index is 0.479. The van der Waals surface area contributed by atoms with Gasteiger partial charge in [-0.1, -0.05) is 12.1 Å². The number of aliphatic hydroxyl groups excluding tert-OH is 1. The first kappa shape index (κ1) is 11.3. The Balaban J connectivity index is 1.81. The maximum atomic E-state index is 10.2. The lowest BCUT2D eigenvalue weighted by atomic mass is 10.2. The zero-order chi connectivity index (χ0) is 12.4. The molecule has 0 bridgehead atoms. The van der Waals surface area contributed by atoms with Crippen LogP contribution in [-0.2, 0) is 11.3 Å². The van der Waals surface area contributed by atoms with E-state index in [0.717, 1.165) is 23.9 Å². The normalized spacial score (nSPS) is 17.3. The predicted octanol–water partition coefficient (Wildman–Crippen LogP) is 2.09. The van der Waals surface area contributed by atoms with Crippen molar-refractivity contribution in [2.45, 2.75) is 25.5 Å². The Morgan fingerprint density at radius 2 is 2.28 bits per heavy atom. The van der Waals surface area contributed by atoms with Crippen LogP contribution in [0.3, 0.4) is 0 Å². The Morgan fingerprint density at radius 3 is 3.11 bits per heavy atom. The van der Waals surface area contributed by atoms with Crippen molar-refractivity contribution in [1.82, 2.24) is 9.55 Å². The largest absolute Gasteiger partial charge is 0.495 e. The topological polar surface area (TPSA) is 47.3 Å². The summed E-state index contributed by atoms with van der Waals surface area (Å²) >= 11 is 0. The summed E-state index contributed by atoms with van der Waals surface area (Å²) in [7, 11) is 0. The number of aromatic nitrogens is 2. The highest BCUT2D eigenvalue weighted by Crippen LogP contribution is 2.17. The van der Waals surface area contributed by atoms with Crippen LogP contribution in [0.2, 0.25) is 0 Å². The number of benzene rings is 1. The summed E-state index contributed by atoms with van der Waals surface area (Å²) in [5.41, 5.74) is 1.98. The van der Waals surface area contributed by atoms with Gasteiger partial charge in [0.05, 0.1) is 30.5 Å². The number of ether oxygens (including phenoxy) is 1. The summed E-state index contributed by atoms with van der Waals surface area (Å²) in [6, 6.07) is 7.91. The number of rotatable bonds is 3. The molecule has 0 amide bonds. The van der Waals surface area contributed by atoms with Crippen molar-refractivity contribution >= 4 is 11.0 Å². The second-order valence-corrected chi connectivity index (χ2v) is 4.50. The first-order chi connectivity index (χ1) is 8.84. The van der Waals surface area contributed by atoms with Gasteiger partial charge in [-0.2, -0.15) is 0 Å². The summed E-state index contributed by atoms with van der Waals surface area (Å²) in [6.07, 6.45) is 5.16. The van der Waals surface area contributed by atoms with Gasteiger partial charge in [-0.05, 0) is 31.1 Å². The number of hydrogen-bond acceptors (Lipinski definition) is 3.